The highest BCUT2D eigenvalue weighted by Crippen LogP contribution is 2.21. The predicted octanol–water partition coefficient (Wildman–Crippen LogP) is -5.43. The lowest BCUT2D eigenvalue weighted by Crippen LogP contribution is -2.61. The zero-order chi connectivity index (χ0) is 43.2. The molecule has 18 N–H and O–H groups in total. The summed E-state index contributed by atoms with van der Waals surface area (Å²) in [6, 6.07) is -0.614. The van der Waals surface area contributed by atoms with Crippen LogP contribution in [-0.4, -0.2) is 149 Å². The molecule has 6 amide bonds. The van der Waals surface area contributed by atoms with Gasteiger partial charge in [-0.05, 0) is 70.0 Å². The maximum absolute atomic E-state index is 14.0. The average molecular weight is 821 g/mol. The van der Waals surface area contributed by atoms with Gasteiger partial charge in [0.15, 0.2) is 5.96 Å². The highest BCUT2D eigenvalue weighted by molar-refractivity contribution is 5.97. The standard InChI is InChI=1S/C36H60N12O10/c37-14-5-4-10-23(34(56)48-17-7-12-28(48)33(55)44-24(35(57)58)11-6-16-42-36(40)41)43-31(53)27(20-50)47-30(52)25(18-21-8-2-1-3-9-21)45-32(54)26(19-49)46-29(51)22(39)13-15-38/h1-3,8-9,22-28,49-50H,4-7,10-20,37-39H2,(H,43,53)(H,44,55)(H,45,54)(H,46,51)(H,47,52)(H,57,58)(H4,40,41,42)/t22-,23-,24-,25-,26-,27-,28-/m0/s1. The molecule has 1 aromatic rings. The number of carbonyl (C=O) groups excluding carboxylic acids is 6. The number of carboxylic acids is 1. The third-order valence-corrected chi connectivity index (χ3v) is 9.32. The molecule has 0 unspecified atom stereocenters. The normalized spacial score (nSPS) is 16.7. The van der Waals surface area contributed by atoms with Gasteiger partial charge in [-0.3, -0.25) is 33.8 Å². The smallest absolute Gasteiger partial charge is 0.326 e. The molecule has 0 aliphatic carbocycles. The van der Waals surface area contributed by atoms with Crippen molar-refractivity contribution in [2.75, 3.05) is 39.4 Å². The molecule has 1 aliphatic rings. The number of carbonyl (C=O) groups is 7. The zero-order valence-electron chi connectivity index (χ0n) is 32.5. The molecule has 1 fully saturated rings. The first-order valence-corrected chi connectivity index (χ1v) is 19.2. The van der Waals surface area contributed by atoms with Crippen LogP contribution in [0.5, 0.6) is 0 Å². The van der Waals surface area contributed by atoms with E-state index in [1.54, 1.807) is 30.3 Å². The first-order chi connectivity index (χ1) is 27.7. The molecule has 58 heavy (non-hydrogen) atoms. The Balaban J connectivity index is 2.24. The van der Waals surface area contributed by atoms with Crippen molar-refractivity contribution in [3.05, 3.63) is 35.9 Å². The largest absolute Gasteiger partial charge is 0.480 e. The summed E-state index contributed by atoms with van der Waals surface area (Å²) < 4.78 is 0. The number of benzene rings is 1. The Morgan fingerprint density at radius 2 is 1.29 bits per heavy atom. The average Bonchev–Trinajstić information content (AvgIpc) is 3.69. The van der Waals surface area contributed by atoms with Gasteiger partial charge in [-0.2, -0.15) is 0 Å². The van der Waals surface area contributed by atoms with Gasteiger partial charge in [-0.1, -0.05) is 30.3 Å². The van der Waals surface area contributed by atoms with Crippen LogP contribution < -0.4 is 55.3 Å². The maximum Gasteiger partial charge on any atom is 0.326 e. The van der Waals surface area contributed by atoms with Crippen LogP contribution in [0.4, 0.5) is 0 Å². The number of nitrogens with one attached hydrogen (secondary N) is 5. The first kappa shape index (κ1) is 48.7. The lowest BCUT2D eigenvalue weighted by molar-refractivity contribution is -0.145. The van der Waals surface area contributed by atoms with Crippen molar-refractivity contribution >= 4 is 47.4 Å². The number of aliphatic carboxylic acids is 1. The Bertz CT molecular complexity index is 1550. The highest BCUT2D eigenvalue weighted by atomic mass is 16.4. The van der Waals surface area contributed by atoms with E-state index in [0.717, 1.165) is 0 Å². The van der Waals surface area contributed by atoms with Crippen molar-refractivity contribution in [3.8, 4) is 0 Å². The van der Waals surface area contributed by atoms with E-state index in [9.17, 15) is 48.9 Å². The summed E-state index contributed by atoms with van der Waals surface area (Å²) in [6.45, 7) is -1.09. The molecule has 324 valence electrons. The number of rotatable bonds is 26. The van der Waals surface area contributed by atoms with Crippen LogP contribution in [0.2, 0.25) is 0 Å². The lowest BCUT2D eigenvalue weighted by Gasteiger charge is -2.30. The van der Waals surface area contributed by atoms with Gasteiger partial charge < -0.3 is 75.5 Å². The Morgan fingerprint density at radius 3 is 1.86 bits per heavy atom. The minimum atomic E-state index is -1.62. The Hall–Kier alpha value is -5.42. The quantitative estimate of drug-likeness (QED) is 0.0236. The van der Waals surface area contributed by atoms with E-state index in [-0.39, 0.29) is 70.7 Å². The number of likely N-dealkylation sites (tertiary alicyclic amines) is 1. The molecule has 1 saturated heterocycles. The van der Waals surface area contributed by atoms with E-state index >= 15 is 0 Å². The second kappa shape index (κ2) is 25.8. The molecular formula is C36H60N12O10. The Labute approximate surface area is 336 Å². The zero-order valence-corrected chi connectivity index (χ0v) is 32.5. The number of hydrogen-bond acceptors (Lipinski definition) is 13. The first-order valence-electron chi connectivity index (χ1n) is 19.2. The van der Waals surface area contributed by atoms with Gasteiger partial charge in [0.1, 0.15) is 36.3 Å². The van der Waals surface area contributed by atoms with Gasteiger partial charge in [-0.25, -0.2) is 4.79 Å². The maximum atomic E-state index is 14.0. The van der Waals surface area contributed by atoms with Crippen LogP contribution in [0.25, 0.3) is 0 Å². The fraction of sp³-hybridized carbons (Fsp3) is 0.611. The van der Waals surface area contributed by atoms with Crippen molar-refractivity contribution < 1.29 is 48.9 Å². The van der Waals surface area contributed by atoms with Crippen LogP contribution in [-0.2, 0) is 40.0 Å². The molecule has 0 aromatic heterocycles. The van der Waals surface area contributed by atoms with Gasteiger partial charge >= 0.3 is 5.97 Å². The molecule has 1 aromatic carbocycles. The molecule has 2 rings (SSSR count). The van der Waals surface area contributed by atoms with Gasteiger partial charge in [-0.15, -0.1) is 0 Å². The monoisotopic (exact) mass is 820 g/mol. The van der Waals surface area contributed by atoms with Crippen molar-refractivity contribution in [3.63, 3.8) is 0 Å². The lowest BCUT2D eigenvalue weighted by atomic mass is 10.0. The number of nitrogens with zero attached hydrogens (tertiary/aromatic N) is 2. The van der Waals surface area contributed by atoms with Crippen LogP contribution in [0.3, 0.4) is 0 Å². The molecule has 22 heteroatoms. The molecular weight excluding hydrogens is 760 g/mol. The van der Waals surface area contributed by atoms with Gasteiger partial charge in [0.2, 0.25) is 35.4 Å². The van der Waals surface area contributed by atoms with Crippen LogP contribution in [0, 0.1) is 0 Å². The SMILES string of the molecule is NCCCC[C@H](NC(=O)[C@H](CO)NC(=O)[C@H](Cc1ccccc1)NC(=O)[C@H](CO)NC(=O)[C@@H](N)CCN)C(=O)N1CCC[C@H]1C(=O)N[C@@H](CCCN=C(N)N)C(=O)O. The van der Waals surface area contributed by atoms with Gasteiger partial charge in [0.25, 0.3) is 0 Å². The molecule has 1 aliphatic heterocycles. The van der Waals surface area contributed by atoms with E-state index in [1.165, 1.54) is 4.90 Å². The number of aliphatic hydroxyl groups excluding tert-OH is 2. The molecule has 0 radical (unpaired) electrons. The van der Waals surface area contributed by atoms with E-state index in [0.29, 0.717) is 24.8 Å². The number of carboxylic acid groups (broad SMARTS) is 1. The molecule has 0 spiro atoms. The van der Waals surface area contributed by atoms with E-state index in [1.807, 2.05) is 0 Å². The van der Waals surface area contributed by atoms with Crippen molar-refractivity contribution in [2.45, 2.75) is 100 Å². The molecule has 0 saturated carbocycles. The number of unbranched alkanes of at least 4 members (excludes halogenated alkanes) is 1. The number of nitrogens with two attached hydrogens (primary N) is 5. The topological polar surface area (TPSA) is 386 Å². The van der Waals surface area contributed by atoms with Gasteiger partial charge in [0, 0.05) is 19.5 Å². The molecule has 1 heterocycles. The third kappa shape index (κ3) is 16.2. The Kier molecular flexibility index (Phi) is 21.6. The molecule has 7 atom stereocenters. The highest BCUT2D eigenvalue weighted by Gasteiger charge is 2.39. The minimum absolute atomic E-state index is 0.0168. The summed E-state index contributed by atoms with van der Waals surface area (Å²) in [5.74, 6) is -6.33. The third-order valence-electron chi connectivity index (χ3n) is 9.32. The summed E-state index contributed by atoms with van der Waals surface area (Å²) in [5, 5.41) is 42.1. The number of aliphatic hydroxyl groups is 2. The summed E-state index contributed by atoms with van der Waals surface area (Å²) in [4.78, 5) is 97.3. The van der Waals surface area contributed by atoms with Crippen molar-refractivity contribution in [2.24, 2.45) is 33.7 Å². The number of guanidine groups is 1. The van der Waals surface area contributed by atoms with Gasteiger partial charge in [0.05, 0.1) is 19.3 Å². The van der Waals surface area contributed by atoms with E-state index in [2.05, 4.69) is 31.6 Å². The molecule has 22 nitrogen and oxygen atoms in total. The predicted molar refractivity (Wildman–Crippen MR) is 211 cm³/mol. The van der Waals surface area contributed by atoms with Crippen molar-refractivity contribution in [1.82, 2.24) is 31.5 Å². The fourth-order valence-corrected chi connectivity index (χ4v) is 6.14. The fourth-order valence-electron chi connectivity index (χ4n) is 6.14. The number of amides is 6. The number of aliphatic imine (C=N–C) groups is 1. The Morgan fingerprint density at radius 1 is 0.724 bits per heavy atom. The second-order valence-electron chi connectivity index (χ2n) is 13.8. The number of hydrogen-bond donors (Lipinski definition) is 13. The van der Waals surface area contributed by atoms with E-state index < -0.39 is 96.9 Å². The minimum Gasteiger partial charge on any atom is -0.480 e. The summed E-state index contributed by atoms with van der Waals surface area (Å²) >= 11 is 0. The summed E-state index contributed by atoms with van der Waals surface area (Å²) in [5.41, 5.74) is 28.1. The van der Waals surface area contributed by atoms with E-state index in [4.69, 9.17) is 28.7 Å². The summed E-state index contributed by atoms with van der Waals surface area (Å²) in [6.07, 6.45) is 1.88. The van der Waals surface area contributed by atoms with Crippen molar-refractivity contribution in [1.29, 1.82) is 0 Å². The van der Waals surface area contributed by atoms with Crippen LogP contribution >= 0.6 is 0 Å². The molecule has 0 bridgehead atoms. The second-order valence-corrected chi connectivity index (χ2v) is 13.8. The van der Waals surface area contributed by atoms with Crippen LogP contribution in [0.1, 0.15) is 56.9 Å². The van der Waals surface area contributed by atoms with Crippen LogP contribution in [0.15, 0.2) is 35.3 Å². The summed E-state index contributed by atoms with van der Waals surface area (Å²) in [7, 11) is 0.